The molecule has 1 aromatic rings. The molecule has 16 heavy (non-hydrogen) atoms. The second-order valence-corrected chi connectivity index (χ2v) is 5.39. The summed E-state index contributed by atoms with van der Waals surface area (Å²) in [5.74, 6) is 1.15. The Morgan fingerprint density at radius 3 is 2.56 bits per heavy atom. The van der Waals surface area contributed by atoms with Crippen molar-refractivity contribution >= 4 is 11.6 Å². The van der Waals surface area contributed by atoms with Gasteiger partial charge in [-0.15, -0.1) is 0 Å². The molecule has 1 aromatic heterocycles. The molecule has 0 aromatic carbocycles. The summed E-state index contributed by atoms with van der Waals surface area (Å²) < 4.78 is 0. The number of halogens is 1. The van der Waals surface area contributed by atoms with Crippen molar-refractivity contribution in [3.05, 3.63) is 16.4 Å². The normalized spacial score (nSPS) is 26.7. The van der Waals surface area contributed by atoms with Crippen molar-refractivity contribution in [1.82, 2.24) is 15.5 Å². The van der Waals surface area contributed by atoms with Crippen LogP contribution in [0, 0.1) is 0 Å². The summed E-state index contributed by atoms with van der Waals surface area (Å²) >= 11 is 6.44. The molecule has 4 heteroatoms. The van der Waals surface area contributed by atoms with Gasteiger partial charge in [0.05, 0.1) is 16.4 Å². The molecule has 2 N–H and O–H groups in total. The Kier molecular flexibility index (Phi) is 2.90. The van der Waals surface area contributed by atoms with E-state index in [2.05, 4.69) is 15.5 Å². The first-order chi connectivity index (χ1) is 7.86. The standard InChI is InChI=1S/C12H18ClN3/c13-10-11(8-3-1-4-8)15-16-12(10)9-5-2-6-14-7-9/h8-9,14H,1-7H2,(H,15,16). The summed E-state index contributed by atoms with van der Waals surface area (Å²) in [4.78, 5) is 0. The average Bonchev–Trinajstić information content (AvgIpc) is 2.60. The maximum absolute atomic E-state index is 6.44. The van der Waals surface area contributed by atoms with Crippen LogP contribution < -0.4 is 5.32 Å². The lowest BCUT2D eigenvalue weighted by Crippen LogP contribution is -2.28. The van der Waals surface area contributed by atoms with Crippen molar-refractivity contribution in [3.63, 3.8) is 0 Å². The SMILES string of the molecule is Clc1c(C2CCCNC2)n[nH]c1C1CCC1. The van der Waals surface area contributed by atoms with Crippen LogP contribution in [0.25, 0.3) is 0 Å². The van der Waals surface area contributed by atoms with Gasteiger partial charge in [0.25, 0.3) is 0 Å². The van der Waals surface area contributed by atoms with Crippen LogP contribution in [0.3, 0.4) is 0 Å². The molecule has 1 saturated heterocycles. The lowest BCUT2D eigenvalue weighted by Gasteiger charge is -2.25. The molecular formula is C12H18ClN3. The molecule has 0 spiro atoms. The zero-order valence-corrected chi connectivity index (χ0v) is 10.2. The maximum atomic E-state index is 6.44. The first-order valence-corrected chi connectivity index (χ1v) is 6.68. The number of hydrogen-bond acceptors (Lipinski definition) is 2. The highest BCUT2D eigenvalue weighted by atomic mass is 35.5. The summed E-state index contributed by atoms with van der Waals surface area (Å²) in [5, 5.41) is 11.9. The van der Waals surface area contributed by atoms with Gasteiger partial charge in [-0.25, -0.2) is 0 Å². The fraction of sp³-hybridized carbons (Fsp3) is 0.750. The van der Waals surface area contributed by atoms with Crippen LogP contribution >= 0.6 is 11.6 Å². The summed E-state index contributed by atoms with van der Waals surface area (Å²) in [7, 11) is 0. The minimum absolute atomic E-state index is 0.506. The van der Waals surface area contributed by atoms with E-state index in [1.807, 2.05) is 0 Å². The van der Waals surface area contributed by atoms with Gasteiger partial charge in [-0.3, -0.25) is 5.10 Å². The van der Waals surface area contributed by atoms with E-state index in [0.29, 0.717) is 11.8 Å². The number of aromatic amines is 1. The van der Waals surface area contributed by atoms with Crippen LogP contribution in [0.4, 0.5) is 0 Å². The molecule has 3 rings (SSSR count). The third-order valence-electron chi connectivity index (χ3n) is 3.96. The van der Waals surface area contributed by atoms with Crippen molar-refractivity contribution in [1.29, 1.82) is 0 Å². The van der Waals surface area contributed by atoms with Crippen molar-refractivity contribution in [2.24, 2.45) is 0 Å². The van der Waals surface area contributed by atoms with Crippen LogP contribution in [0.15, 0.2) is 0 Å². The second kappa shape index (κ2) is 4.38. The van der Waals surface area contributed by atoms with E-state index < -0.39 is 0 Å². The highest BCUT2D eigenvalue weighted by Gasteiger charge is 2.28. The minimum Gasteiger partial charge on any atom is -0.316 e. The summed E-state index contributed by atoms with van der Waals surface area (Å²) in [5.41, 5.74) is 2.28. The molecule has 1 atom stereocenters. The fourth-order valence-corrected chi connectivity index (χ4v) is 3.07. The summed E-state index contributed by atoms with van der Waals surface area (Å²) in [6.45, 7) is 2.16. The number of rotatable bonds is 2. The number of nitrogens with one attached hydrogen (secondary N) is 2. The van der Waals surface area contributed by atoms with Gasteiger partial charge in [0.1, 0.15) is 0 Å². The van der Waals surface area contributed by atoms with Crippen molar-refractivity contribution < 1.29 is 0 Å². The van der Waals surface area contributed by atoms with E-state index in [-0.39, 0.29) is 0 Å². The van der Waals surface area contributed by atoms with E-state index in [4.69, 9.17) is 11.6 Å². The summed E-state index contributed by atoms with van der Waals surface area (Å²) in [6.07, 6.45) is 6.31. The van der Waals surface area contributed by atoms with Crippen LogP contribution in [0.5, 0.6) is 0 Å². The van der Waals surface area contributed by atoms with E-state index in [1.165, 1.54) is 37.8 Å². The molecule has 0 bridgehead atoms. The quantitative estimate of drug-likeness (QED) is 0.833. The topological polar surface area (TPSA) is 40.7 Å². The first-order valence-electron chi connectivity index (χ1n) is 6.30. The van der Waals surface area contributed by atoms with Gasteiger partial charge in [-0.1, -0.05) is 18.0 Å². The van der Waals surface area contributed by atoms with Gasteiger partial charge in [0.2, 0.25) is 0 Å². The Morgan fingerprint density at radius 1 is 1.12 bits per heavy atom. The molecule has 0 amide bonds. The number of H-pyrrole nitrogens is 1. The molecule has 2 aliphatic rings. The number of hydrogen-bond donors (Lipinski definition) is 2. The third-order valence-corrected chi connectivity index (χ3v) is 4.35. The Hall–Kier alpha value is -0.540. The molecule has 1 unspecified atom stereocenters. The van der Waals surface area contributed by atoms with E-state index >= 15 is 0 Å². The molecule has 2 fully saturated rings. The zero-order valence-electron chi connectivity index (χ0n) is 9.43. The number of piperidine rings is 1. The largest absolute Gasteiger partial charge is 0.316 e. The maximum Gasteiger partial charge on any atom is 0.0854 e. The third kappa shape index (κ3) is 1.76. The van der Waals surface area contributed by atoms with Crippen LogP contribution in [0.2, 0.25) is 5.02 Å². The molecular weight excluding hydrogens is 222 g/mol. The van der Waals surface area contributed by atoms with Crippen LogP contribution in [0.1, 0.15) is 55.3 Å². The average molecular weight is 240 g/mol. The molecule has 0 radical (unpaired) electrons. The highest BCUT2D eigenvalue weighted by Crippen LogP contribution is 2.41. The lowest BCUT2D eigenvalue weighted by atomic mass is 9.82. The first kappa shape index (κ1) is 10.6. The zero-order chi connectivity index (χ0) is 11.0. The predicted octanol–water partition coefficient (Wildman–Crippen LogP) is 2.80. The van der Waals surface area contributed by atoms with Gasteiger partial charge in [0, 0.05) is 18.4 Å². The molecule has 1 saturated carbocycles. The van der Waals surface area contributed by atoms with E-state index in [1.54, 1.807) is 0 Å². The van der Waals surface area contributed by atoms with E-state index in [9.17, 15) is 0 Å². The van der Waals surface area contributed by atoms with Crippen molar-refractivity contribution in [2.75, 3.05) is 13.1 Å². The fourth-order valence-electron chi connectivity index (χ4n) is 2.68. The second-order valence-electron chi connectivity index (χ2n) is 5.01. The van der Waals surface area contributed by atoms with Gasteiger partial charge in [-0.2, -0.15) is 5.10 Å². The molecule has 2 heterocycles. The smallest absolute Gasteiger partial charge is 0.0854 e. The number of aromatic nitrogens is 2. The van der Waals surface area contributed by atoms with Crippen molar-refractivity contribution in [3.8, 4) is 0 Å². The lowest BCUT2D eigenvalue weighted by molar-refractivity contribution is 0.411. The van der Waals surface area contributed by atoms with Gasteiger partial charge in [-0.05, 0) is 32.2 Å². The summed E-state index contributed by atoms with van der Waals surface area (Å²) in [6, 6.07) is 0. The highest BCUT2D eigenvalue weighted by molar-refractivity contribution is 6.32. The van der Waals surface area contributed by atoms with Gasteiger partial charge >= 0.3 is 0 Å². The van der Waals surface area contributed by atoms with Crippen LogP contribution in [-0.4, -0.2) is 23.3 Å². The molecule has 1 aliphatic heterocycles. The van der Waals surface area contributed by atoms with Crippen molar-refractivity contribution in [2.45, 2.75) is 43.9 Å². The minimum atomic E-state index is 0.506. The predicted molar refractivity (Wildman–Crippen MR) is 65.0 cm³/mol. The Morgan fingerprint density at radius 2 is 1.94 bits per heavy atom. The molecule has 3 nitrogen and oxygen atoms in total. The monoisotopic (exact) mass is 239 g/mol. The van der Waals surface area contributed by atoms with Gasteiger partial charge in [0.15, 0.2) is 0 Å². The van der Waals surface area contributed by atoms with Crippen LogP contribution in [-0.2, 0) is 0 Å². The molecule has 1 aliphatic carbocycles. The number of nitrogens with zero attached hydrogens (tertiary/aromatic N) is 1. The Balaban J connectivity index is 1.81. The Bertz CT molecular complexity index is 364. The van der Waals surface area contributed by atoms with E-state index in [0.717, 1.165) is 23.8 Å². The van der Waals surface area contributed by atoms with Gasteiger partial charge < -0.3 is 5.32 Å². The molecule has 88 valence electrons. The Labute approximate surface area is 101 Å².